The highest BCUT2D eigenvalue weighted by Crippen LogP contribution is 2.61. The fourth-order valence-electron chi connectivity index (χ4n) is 5.32. The summed E-state index contributed by atoms with van der Waals surface area (Å²) in [4.78, 5) is 43.7. The van der Waals surface area contributed by atoms with Gasteiger partial charge in [-0.3, -0.25) is 14.4 Å². The van der Waals surface area contributed by atoms with Crippen molar-refractivity contribution in [2.24, 2.45) is 11.8 Å². The number of fused-ring (bicyclic) bond motifs is 2. The Bertz CT molecular complexity index is 1030. The first-order valence-electron chi connectivity index (χ1n) is 10.6. The average Bonchev–Trinajstić information content (AvgIpc) is 3.09. The zero-order valence-electron chi connectivity index (χ0n) is 17.4. The number of aliphatic hydroxyl groups excluding tert-OH is 1. The van der Waals surface area contributed by atoms with Crippen LogP contribution in [0.15, 0.2) is 48.6 Å². The van der Waals surface area contributed by atoms with Crippen LogP contribution in [0.1, 0.15) is 6.92 Å². The Hall–Kier alpha value is -2.29. The average molecular weight is 475 g/mol. The number of hydrogen-bond donors (Lipinski definition) is 1. The summed E-state index contributed by atoms with van der Waals surface area (Å²) in [5, 5.41) is 10.2. The number of anilines is 1. The van der Waals surface area contributed by atoms with Gasteiger partial charge in [0.25, 0.3) is 5.91 Å². The molecular formula is C23H23ClN2O5S. The normalized spacial score (nSPS) is 34.5. The third kappa shape index (κ3) is 3.03. The van der Waals surface area contributed by atoms with Crippen LogP contribution in [0.4, 0.5) is 5.69 Å². The summed E-state index contributed by atoms with van der Waals surface area (Å²) < 4.78 is 4.42. The molecule has 0 aromatic heterocycles. The van der Waals surface area contributed by atoms with E-state index < -0.39 is 34.6 Å². The molecular weight excluding hydrogens is 452 g/mol. The maximum absolute atomic E-state index is 14.0. The number of thioether (sulfide) groups is 1. The SMILES string of the molecule is C[C@H](CO)N1C(=O)[C@@H]2[C@@H]3C(=O)OCC=C[C@@H]3S[C@@]23C=CCN(c2ccc(Cl)cc2)C(=O)C13. The number of ether oxygens (including phenoxy) is 1. The zero-order valence-corrected chi connectivity index (χ0v) is 19.0. The Morgan fingerprint density at radius 3 is 2.69 bits per heavy atom. The van der Waals surface area contributed by atoms with Crippen molar-refractivity contribution in [3.8, 4) is 0 Å². The number of nitrogens with zero attached hydrogens (tertiary/aromatic N) is 2. The topological polar surface area (TPSA) is 87.2 Å². The van der Waals surface area contributed by atoms with Gasteiger partial charge in [-0.15, -0.1) is 11.8 Å². The molecule has 0 aliphatic carbocycles. The number of hydrogen-bond acceptors (Lipinski definition) is 6. The van der Waals surface area contributed by atoms with Crippen LogP contribution in [0.25, 0.3) is 0 Å². The van der Waals surface area contributed by atoms with Crippen LogP contribution < -0.4 is 4.90 Å². The van der Waals surface area contributed by atoms with E-state index in [0.717, 1.165) is 0 Å². The van der Waals surface area contributed by atoms with Gasteiger partial charge >= 0.3 is 5.97 Å². The van der Waals surface area contributed by atoms with Gasteiger partial charge in [-0.1, -0.05) is 35.9 Å². The predicted octanol–water partition coefficient (Wildman–Crippen LogP) is 2.03. The number of likely N-dealkylation sites (tertiary alicyclic amines) is 1. The second-order valence-corrected chi connectivity index (χ2v) is 10.4. The molecule has 0 radical (unpaired) electrons. The Morgan fingerprint density at radius 1 is 1.22 bits per heavy atom. The van der Waals surface area contributed by atoms with E-state index >= 15 is 0 Å². The summed E-state index contributed by atoms with van der Waals surface area (Å²) in [6.07, 6.45) is 7.53. The molecule has 7 nitrogen and oxygen atoms in total. The van der Waals surface area contributed by atoms with Gasteiger partial charge in [-0.25, -0.2) is 0 Å². The Labute approximate surface area is 195 Å². The summed E-state index contributed by atoms with van der Waals surface area (Å²) >= 11 is 7.51. The molecule has 168 valence electrons. The number of cyclic esters (lactones) is 1. The Kier molecular flexibility index (Phi) is 5.34. The molecule has 2 fully saturated rings. The van der Waals surface area contributed by atoms with Crippen molar-refractivity contribution in [1.82, 2.24) is 4.90 Å². The number of amides is 2. The molecule has 0 bridgehead atoms. The third-order valence-corrected chi connectivity index (χ3v) is 8.72. The van der Waals surface area contributed by atoms with E-state index in [1.807, 2.05) is 18.2 Å². The van der Waals surface area contributed by atoms with Crippen LogP contribution >= 0.6 is 23.4 Å². The van der Waals surface area contributed by atoms with Crippen molar-refractivity contribution in [3.63, 3.8) is 0 Å². The second-order valence-electron chi connectivity index (χ2n) is 8.50. The molecule has 1 aromatic rings. The van der Waals surface area contributed by atoms with Gasteiger partial charge < -0.3 is 19.6 Å². The van der Waals surface area contributed by atoms with Crippen LogP contribution in [0.5, 0.6) is 0 Å². The van der Waals surface area contributed by atoms with E-state index in [-0.39, 0.29) is 30.3 Å². The molecule has 9 heteroatoms. The number of benzene rings is 1. The molecule has 1 N–H and O–H groups in total. The summed E-state index contributed by atoms with van der Waals surface area (Å²) in [6.45, 7) is 1.94. The predicted molar refractivity (Wildman–Crippen MR) is 121 cm³/mol. The number of esters is 1. The number of rotatable bonds is 3. The second kappa shape index (κ2) is 7.93. The monoisotopic (exact) mass is 474 g/mol. The van der Waals surface area contributed by atoms with Gasteiger partial charge in [0.2, 0.25) is 5.91 Å². The van der Waals surface area contributed by atoms with Crippen molar-refractivity contribution in [2.45, 2.75) is 29.0 Å². The lowest BCUT2D eigenvalue weighted by molar-refractivity contribution is -0.152. The van der Waals surface area contributed by atoms with Gasteiger partial charge in [0.05, 0.1) is 29.2 Å². The van der Waals surface area contributed by atoms with Crippen LogP contribution in [-0.2, 0) is 19.1 Å². The van der Waals surface area contributed by atoms with Crippen LogP contribution in [0.3, 0.4) is 0 Å². The van der Waals surface area contributed by atoms with E-state index in [2.05, 4.69) is 0 Å². The minimum absolute atomic E-state index is 0.180. The van der Waals surface area contributed by atoms with Gasteiger partial charge in [-0.2, -0.15) is 0 Å². The lowest BCUT2D eigenvalue weighted by Gasteiger charge is -2.37. The Morgan fingerprint density at radius 2 is 1.97 bits per heavy atom. The number of carbonyl (C=O) groups is 3. The number of aliphatic hydroxyl groups is 1. The van der Waals surface area contributed by atoms with Gasteiger partial charge in [-0.05, 0) is 31.2 Å². The number of carbonyl (C=O) groups excluding carboxylic acids is 3. The van der Waals surface area contributed by atoms with Crippen LogP contribution in [-0.4, -0.2) is 69.6 Å². The van der Waals surface area contributed by atoms with Gasteiger partial charge in [0.1, 0.15) is 12.6 Å². The summed E-state index contributed by atoms with van der Waals surface area (Å²) in [7, 11) is 0. The molecule has 1 spiro atoms. The third-order valence-electron chi connectivity index (χ3n) is 6.73. The molecule has 4 aliphatic rings. The van der Waals surface area contributed by atoms with Crippen molar-refractivity contribution in [2.75, 3.05) is 24.7 Å². The van der Waals surface area contributed by atoms with E-state index in [1.165, 1.54) is 16.7 Å². The lowest BCUT2D eigenvalue weighted by atomic mass is 9.78. The van der Waals surface area contributed by atoms with E-state index in [1.54, 1.807) is 42.2 Å². The smallest absolute Gasteiger partial charge is 0.311 e. The maximum Gasteiger partial charge on any atom is 0.311 e. The highest BCUT2D eigenvalue weighted by atomic mass is 35.5. The van der Waals surface area contributed by atoms with Crippen LogP contribution in [0.2, 0.25) is 5.02 Å². The van der Waals surface area contributed by atoms with Crippen LogP contribution in [0, 0.1) is 11.8 Å². The maximum atomic E-state index is 14.0. The molecule has 2 amide bonds. The molecule has 32 heavy (non-hydrogen) atoms. The fourth-order valence-corrected chi connectivity index (χ4v) is 7.44. The van der Waals surface area contributed by atoms with Gasteiger partial charge in [0, 0.05) is 22.5 Å². The molecule has 4 aliphatic heterocycles. The van der Waals surface area contributed by atoms with E-state index in [4.69, 9.17) is 16.3 Å². The molecule has 1 aromatic carbocycles. The molecule has 1 unspecified atom stereocenters. The van der Waals surface area contributed by atoms with E-state index in [0.29, 0.717) is 17.3 Å². The summed E-state index contributed by atoms with van der Waals surface area (Å²) in [5.41, 5.74) is 0.671. The highest BCUT2D eigenvalue weighted by Gasteiger charge is 2.71. The summed E-state index contributed by atoms with van der Waals surface area (Å²) in [6, 6.07) is 5.55. The minimum atomic E-state index is -0.922. The molecule has 5 rings (SSSR count). The number of halogens is 1. The largest absolute Gasteiger partial charge is 0.461 e. The quantitative estimate of drug-likeness (QED) is 0.533. The van der Waals surface area contributed by atoms with Crippen molar-refractivity contribution in [3.05, 3.63) is 53.6 Å². The summed E-state index contributed by atoms with van der Waals surface area (Å²) in [5.74, 6) is -2.37. The molecule has 6 atom stereocenters. The van der Waals surface area contributed by atoms with Crippen molar-refractivity contribution in [1.29, 1.82) is 0 Å². The standard InChI is InChI=1S/C23H23ClN2O5S/c1-13(12-27)26-19-21(29)25(15-7-5-14(24)6-8-15)10-3-9-23(19)18(20(26)28)17-16(32-23)4-2-11-31-22(17)30/h2-9,13,16-19,27H,10-12H2,1H3/t13-,16+,17-,18+,19?,23+/m1/s1. The van der Waals surface area contributed by atoms with Crippen molar-refractivity contribution < 1.29 is 24.2 Å². The molecule has 0 saturated carbocycles. The van der Waals surface area contributed by atoms with E-state index in [9.17, 15) is 19.5 Å². The van der Waals surface area contributed by atoms with Gasteiger partial charge in [0.15, 0.2) is 0 Å². The Balaban J connectivity index is 1.64. The lowest BCUT2D eigenvalue weighted by Crippen LogP contribution is -2.56. The highest BCUT2D eigenvalue weighted by molar-refractivity contribution is 8.02. The minimum Gasteiger partial charge on any atom is -0.461 e. The van der Waals surface area contributed by atoms with Crippen molar-refractivity contribution >= 4 is 46.8 Å². The first-order chi connectivity index (χ1) is 15.4. The zero-order chi connectivity index (χ0) is 22.6. The molecule has 4 heterocycles. The first kappa shape index (κ1) is 21.6. The fraction of sp³-hybridized carbons (Fsp3) is 0.435. The first-order valence-corrected chi connectivity index (χ1v) is 11.8. The molecule has 2 saturated heterocycles.